The predicted molar refractivity (Wildman–Crippen MR) is 88.1 cm³/mol. The van der Waals surface area contributed by atoms with E-state index in [1.54, 1.807) is 18.3 Å². The van der Waals surface area contributed by atoms with Gasteiger partial charge in [0.05, 0.1) is 36.4 Å². The molecule has 2 N–H and O–H groups in total. The van der Waals surface area contributed by atoms with Crippen LogP contribution in [0.3, 0.4) is 0 Å². The van der Waals surface area contributed by atoms with Gasteiger partial charge in [-0.3, -0.25) is 4.79 Å². The highest BCUT2D eigenvalue weighted by molar-refractivity contribution is 6.07. The maximum atomic E-state index is 12.5. The second-order valence-corrected chi connectivity index (χ2v) is 5.88. The minimum absolute atomic E-state index is 0.0792. The number of fused-ring (bicyclic) bond motifs is 2. The zero-order chi connectivity index (χ0) is 16.4. The number of amides is 1. The number of aromatic nitrogens is 3. The van der Waals surface area contributed by atoms with Crippen molar-refractivity contribution < 1.29 is 9.53 Å². The van der Waals surface area contributed by atoms with Crippen LogP contribution in [-0.4, -0.2) is 45.6 Å². The van der Waals surface area contributed by atoms with Crippen LogP contribution in [0.25, 0.3) is 11.2 Å². The van der Waals surface area contributed by atoms with Crippen LogP contribution in [0.1, 0.15) is 42.2 Å². The van der Waals surface area contributed by atoms with Crippen molar-refractivity contribution in [3.8, 4) is 0 Å². The van der Waals surface area contributed by atoms with Crippen LogP contribution >= 0.6 is 0 Å². The topological polar surface area (TPSA) is 86.3 Å². The van der Waals surface area contributed by atoms with Crippen molar-refractivity contribution in [2.45, 2.75) is 39.3 Å². The summed E-state index contributed by atoms with van der Waals surface area (Å²) in [6.07, 6.45) is 5.19. The van der Waals surface area contributed by atoms with Crippen LogP contribution in [0.4, 0.5) is 5.69 Å². The number of carbonyl (C=O) groups is 1. The molecule has 0 aliphatic carbocycles. The smallest absolute Gasteiger partial charge is 0.258 e. The fourth-order valence-electron chi connectivity index (χ4n) is 2.98. The van der Waals surface area contributed by atoms with Crippen LogP contribution in [0.5, 0.6) is 0 Å². The molecule has 0 radical (unpaired) electrons. The minimum atomic E-state index is -0.0792. The highest BCUT2D eigenvalue weighted by atomic mass is 16.5. The molecule has 0 aromatic carbocycles. The molecule has 3 heterocycles. The lowest BCUT2D eigenvalue weighted by molar-refractivity contribution is 0.0719. The first kappa shape index (κ1) is 15.7. The average Bonchev–Trinajstić information content (AvgIpc) is 3.08. The van der Waals surface area contributed by atoms with Gasteiger partial charge in [-0.15, -0.1) is 0 Å². The van der Waals surface area contributed by atoms with E-state index >= 15 is 0 Å². The predicted octanol–water partition coefficient (Wildman–Crippen LogP) is 1.81. The number of nitrogen functional groups attached to an aromatic ring is 1. The standard InChI is InChI=1S/C16H23N5O2/c1-3-4-5-6-21-10-18-14-13(17)12-11(19-15(14)21)9-20(16(12)22)7-8-23-2/h10H,3-9H2,1-2H3,(H2,17,19). The zero-order valence-electron chi connectivity index (χ0n) is 13.7. The maximum absolute atomic E-state index is 12.5. The number of pyridine rings is 1. The van der Waals surface area contributed by atoms with E-state index in [2.05, 4.69) is 16.9 Å². The highest BCUT2D eigenvalue weighted by Crippen LogP contribution is 2.31. The van der Waals surface area contributed by atoms with E-state index in [1.165, 1.54) is 12.8 Å². The van der Waals surface area contributed by atoms with Gasteiger partial charge >= 0.3 is 0 Å². The Hall–Kier alpha value is -2.15. The van der Waals surface area contributed by atoms with Gasteiger partial charge in [0.1, 0.15) is 5.52 Å². The third-order valence-electron chi connectivity index (χ3n) is 4.27. The summed E-state index contributed by atoms with van der Waals surface area (Å²) in [5, 5.41) is 0. The Morgan fingerprint density at radius 2 is 2.17 bits per heavy atom. The summed E-state index contributed by atoms with van der Waals surface area (Å²) < 4.78 is 7.09. The lowest BCUT2D eigenvalue weighted by Crippen LogP contribution is -2.27. The molecule has 0 unspecified atom stereocenters. The van der Waals surface area contributed by atoms with E-state index in [4.69, 9.17) is 10.5 Å². The van der Waals surface area contributed by atoms with Gasteiger partial charge in [-0.25, -0.2) is 9.97 Å². The minimum Gasteiger partial charge on any atom is -0.396 e. The number of hydrogen-bond acceptors (Lipinski definition) is 5. The summed E-state index contributed by atoms with van der Waals surface area (Å²) in [6, 6.07) is 0. The summed E-state index contributed by atoms with van der Waals surface area (Å²) in [6.45, 7) is 4.57. The van der Waals surface area contributed by atoms with Gasteiger partial charge in [0.25, 0.3) is 5.91 Å². The Morgan fingerprint density at radius 1 is 1.35 bits per heavy atom. The first-order chi connectivity index (χ1) is 11.2. The molecule has 0 spiro atoms. The molecular weight excluding hydrogens is 294 g/mol. The fourth-order valence-corrected chi connectivity index (χ4v) is 2.98. The third-order valence-corrected chi connectivity index (χ3v) is 4.27. The third kappa shape index (κ3) is 2.76. The van der Waals surface area contributed by atoms with Crippen molar-refractivity contribution in [2.75, 3.05) is 26.0 Å². The normalized spacial score (nSPS) is 14.0. The van der Waals surface area contributed by atoms with Crippen LogP contribution in [0.2, 0.25) is 0 Å². The molecular formula is C16H23N5O2. The number of ether oxygens (including phenoxy) is 1. The Balaban J connectivity index is 1.93. The van der Waals surface area contributed by atoms with Crippen LogP contribution in [-0.2, 0) is 17.8 Å². The first-order valence-electron chi connectivity index (χ1n) is 8.08. The molecule has 2 aromatic rings. The number of carbonyl (C=O) groups excluding carboxylic acids is 1. The quantitative estimate of drug-likeness (QED) is 0.787. The molecule has 23 heavy (non-hydrogen) atoms. The zero-order valence-corrected chi connectivity index (χ0v) is 13.7. The van der Waals surface area contributed by atoms with Crippen LogP contribution < -0.4 is 5.73 Å². The van der Waals surface area contributed by atoms with Gasteiger partial charge in [0.2, 0.25) is 0 Å². The second-order valence-electron chi connectivity index (χ2n) is 5.88. The van der Waals surface area contributed by atoms with Crippen molar-refractivity contribution in [1.29, 1.82) is 0 Å². The number of imidazole rings is 1. The number of rotatable bonds is 7. The molecule has 3 rings (SSSR count). The number of nitrogens with two attached hydrogens (primary N) is 1. The van der Waals surface area contributed by atoms with E-state index in [9.17, 15) is 4.79 Å². The molecule has 7 heteroatoms. The molecule has 0 bridgehead atoms. The number of methoxy groups -OCH3 is 1. The first-order valence-corrected chi connectivity index (χ1v) is 8.08. The number of nitrogens with zero attached hydrogens (tertiary/aromatic N) is 4. The summed E-state index contributed by atoms with van der Waals surface area (Å²) in [4.78, 5) is 23.3. The Kier molecular flexibility index (Phi) is 4.47. The van der Waals surface area contributed by atoms with E-state index in [0.29, 0.717) is 36.5 Å². The summed E-state index contributed by atoms with van der Waals surface area (Å²) in [5.74, 6) is -0.0792. The Labute approximate surface area is 135 Å². The molecule has 124 valence electrons. The molecule has 1 aliphatic rings. The molecule has 0 fully saturated rings. The number of hydrogen-bond donors (Lipinski definition) is 1. The maximum Gasteiger partial charge on any atom is 0.258 e. The van der Waals surface area contributed by atoms with Crippen molar-refractivity contribution in [1.82, 2.24) is 19.4 Å². The summed E-state index contributed by atoms with van der Waals surface area (Å²) in [7, 11) is 1.62. The van der Waals surface area contributed by atoms with Gasteiger partial charge in [-0.2, -0.15) is 0 Å². The van der Waals surface area contributed by atoms with E-state index in [0.717, 1.165) is 24.3 Å². The molecule has 0 atom stereocenters. The lowest BCUT2D eigenvalue weighted by atomic mass is 10.1. The van der Waals surface area contributed by atoms with Crippen molar-refractivity contribution in [3.05, 3.63) is 17.6 Å². The summed E-state index contributed by atoms with van der Waals surface area (Å²) >= 11 is 0. The molecule has 7 nitrogen and oxygen atoms in total. The fraction of sp³-hybridized carbons (Fsp3) is 0.562. The van der Waals surface area contributed by atoms with Gasteiger partial charge in [0, 0.05) is 20.2 Å². The SMILES string of the molecule is CCCCCn1cnc2c(N)c3c(nc21)CN(CCOC)C3=O. The summed E-state index contributed by atoms with van der Waals surface area (Å²) in [5.41, 5.74) is 9.33. The van der Waals surface area contributed by atoms with Crippen LogP contribution in [0, 0.1) is 0 Å². The van der Waals surface area contributed by atoms with E-state index in [-0.39, 0.29) is 5.91 Å². The second kappa shape index (κ2) is 6.54. The molecule has 2 aromatic heterocycles. The number of aryl methyl sites for hydroxylation is 1. The van der Waals surface area contributed by atoms with E-state index < -0.39 is 0 Å². The monoisotopic (exact) mass is 317 g/mol. The van der Waals surface area contributed by atoms with Crippen LogP contribution in [0.15, 0.2) is 6.33 Å². The van der Waals surface area contributed by atoms with Gasteiger partial charge in [-0.1, -0.05) is 19.8 Å². The highest BCUT2D eigenvalue weighted by Gasteiger charge is 2.32. The van der Waals surface area contributed by atoms with E-state index in [1.807, 2.05) is 4.57 Å². The van der Waals surface area contributed by atoms with Gasteiger partial charge < -0.3 is 19.9 Å². The van der Waals surface area contributed by atoms with Crippen molar-refractivity contribution >= 4 is 22.8 Å². The lowest BCUT2D eigenvalue weighted by Gasteiger charge is -2.13. The molecule has 1 aliphatic heterocycles. The molecule has 0 saturated carbocycles. The molecule has 1 amide bonds. The number of unbranched alkanes of at least 4 members (excludes halogenated alkanes) is 2. The van der Waals surface area contributed by atoms with Crippen molar-refractivity contribution in [2.24, 2.45) is 0 Å². The number of anilines is 1. The van der Waals surface area contributed by atoms with Gasteiger partial charge in [-0.05, 0) is 6.42 Å². The van der Waals surface area contributed by atoms with Gasteiger partial charge in [0.15, 0.2) is 5.65 Å². The molecule has 0 saturated heterocycles. The largest absolute Gasteiger partial charge is 0.396 e. The van der Waals surface area contributed by atoms with Crippen molar-refractivity contribution in [3.63, 3.8) is 0 Å². The Morgan fingerprint density at radius 3 is 2.91 bits per heavy atom. The Bertz CT molecular complexity index is 725. The average molecular weight is 317 g/mol.